The lowest BCUT2D eigenvalue weighted by Crippen LogP contribution is -2.07. The minimum atomic E-state index is 0.801. The minimum Gasteiger partial charge on any atom is -0.379 e. The van der Waals surface area contributed by atoms with Crippen molar-refractivity contribution < 1.29 is 0 Å². The molecule has 0 radical (unpaired) electrons. The smallest absolute Gasteiger partial charge is 0.0575 e. The van der Waals surface area contributed by atoms with Crippen molar-refractivity contribution in [3.05, 3.63) is 46.7 Å². The van der Waals surface area contributed by atoms with Crippen LogP contribution in [0.1, 0.15) is 12.6 Å². The number of nitrogens with one attached hydrogen (secondary N) is 1. The third kappa shape index (κ3) is 2.64. The van der Waals surface area contributed by atoms with Crippen molar-refractivity contribution in [3.63, 3.8) is 0 Å². The summed E-state index contributed by atoms with van der Waals surface area (Å²) in [5.74, 6) is 0. The fourth-order valence-electron chi connectivity index (χ4n) is 1.56. The zero-order valence-electron chi connectivity index (χ0n) is 9.15. The van der Waals surface area contributed by atoms with Gasteiger partial charge in [0.15, 0.2) is 0 Å². The molecular formula is C12H14BrN3. The Labute approximate surface area is 104 Å². The Balaban J connectivity index is 1.99. The van der Waals surface area contributed by atoms with E-state index in [1.807, 2.05) is 29.1 Å². The van der Waals surface area contributed by atoms with Crippen molar-refractivity contribution in [2.24, 2.45) is 0 Å². The van der Waals surface area contributed by atoms with Crippen LogP contribution in [0.25, 0.3) is 0 Å². The first-order chi connectivity index (χ1) is 7.79. The highest BCUT2D eigenvalue weighted by Gasteiger charge is 1.99. The fraction of sp³-hybridized carbons (Fsp3) is 0.250. The van der Waals surface area contributed by atoms with E-state index in [-0.39, 0.29) is 0 Å². The molecule has 0 fully saturated rings. The summed E-state index contributed by atoms with van der Waals surface area (Å²) in [5.41, 5.74) is 2.32. The molecule has 1 heterocycles. The van der Waals surface area contributed by atoms with Gasteiger partial charge in [0.2, 0.25) is 0 Å². The lowest BCUT2D eigenvalue weighted by Gasteiger charge is -2.08. The van der Waals surface area contributed by atoms with Gasteiger partial charge in [-0.25, -0.2) is 0 Å². The first-order valence-corrected chi connectivity index (χ1v) is 6.09. The van der Waals surface area contributed by atoms with Crippen molar-refractivity contribution >= 4 is 21.6 Å². The minimum absolute atomic E-state index is 0.801. The van der Waals surface area contributed by atoms with Gasteiger partial charge in [-0.05, 0) is 37.3 Å². The maximum Gasteiger partial charge on any atom is 0.0575 e. The maximum atomic E-state index is 4.23. The van der Waals surface area contributed by atoms with Crippen molar-refractivity contribution in [2.75, 3.05) is 5.32 Å². The van der Waals surface area contributed by atoms with Gasteiger partial charge in [0.1, 0.15) is 0 Å². The molecular weight excluding hydrogens is 266 g/mol. The number of aromatic nitrogens is 2. The molecule has 84 valence electrons. The van der Waals surface area contributed by atoms with E-state index in [9.17, 15) is 0 Å². The molecule has 1 N–H and O–H groups in total. The van der Waals surface area contributed by atoms with Crippen LogP contribution >= 0.6 is 15.9 Å². The van der Waals surface area contributed by atoms with Gasteiger partial charge in [-0.1, -0.05) is 15.9 Å². The van der Waals surface area contributed by atoms with Crippen LogP contribution in [0, 0.1) is 0 Å². The van der Waals surface area contributed by atoms with Crippen LogP contribution < -0.4 is 5.32 Å². The number of aryl methyl sites for hydroxylation is 1. The molecule has 3 nitrogen and oxygen atoms in total. The number of hydrogen-bond donors (Lipinski definition) is 1. The molecule has 4 heteroatoms. The van der Waals surface area contributed by atoms with Gasteiger partial charge in [0.05, 0.1) is 12.2 Å². The summed E-state index contributed by atoms with van der Waals surface area (Å²) in [4.78, 5) is 0. The molecule has 2 rings (SSSR count). The van der Waals surface area contributed by atoms with Crippen LogP contribution in [-0.4, -0.2) is 9.78 Å². The van der Waals surface area contributed by atoms with Gasteiger partial charge >= 0.3 is 0 Å². The second-order valence-corrected chi connectivity index (χ2v) is 4.41. The van der Waals surface area contributed by atoms with E-state index >= 15 is 0 Å². The monoisotopic (exact) mass is 279 g/mol. The van der Waals surface area contributed by atoms with Gasteiger partial charge in [0.25, 0.3) is 0 Å². The highest BCUT2D eigenvalue weighted by atomic mass is 79.9. The van der Waals surface area contributed by atoms with Gasteiger partial charge in [-0.3, -0.25) is 4.68 Å². The topological polar surface area (TPSA) is 29.9 Å². The van der Waals surface area contributed by atoms with Gasteiger partial charge in [-0.2, -0.15) is 5.10 Å². The second-order valence-electron chi connectivity index (χ2n) is 3.50. The Bertz CT molecular complexity index is 448. The zero-order valence-corrected chi connectivity index (χ0v) is 10.7. The molecule has 1 aromatic heterocycles. The molecule has 16 heavy (non-hydrogen) atoms. The Hall–Kier alpha value is -1.29. The number of halogens is 1. The molecule has 0 atom stereocenters. The summed E-state index contributed by atoms with van der Waals surface area (Å²) in [6, 6.07) is 10.2. The summed E-state index contributed by atoms with van der Waals surface area (Å²) in [6.45, 7) is 3.80. The Morgan fingerprint density at radius 2 is 2.00 bits per heavy atom. The number of hydrogen-bond acceptors (Lipinski definition) is 2. The molecule has 2 aromatic rings. The highest BCUT2D eigenvalue weighted by Crippen LogP contribution is 2.14. The van der Waals surface area contributed by atoms with Crippen LogP contribution in [0.4, 0.5) is 5.69 Å². The first kappa shape index (κ1) is 11.2. The summed E-state index contributed by atoms with van der Waals surface area (Å²) >= 11 is 3.42. The molecule has 1 aromatic carbocycles. The number of rotatable bonds is 4. The van der Waals surface area contributed by atoms with Crippen LogP contribution in [0.5, 0.6) is 0 Å². The van der Waals surface area contributed by atoms with Crippen molar-refractivity contribution in [2.45, 2.75) is 20.0 Å². The SMILES string of the molecule is CCn1nccc1CNc1ccc(Br)cc1. The number of benzene rings is 1. The average Bonchev–Trinajstić information content (AvgIpc) is 2.76. The average molecular weight is 280 g/mol. The third-order valence-electron chi connectivity index (χ3n) is 2.42. The Kier molecular flexibility index (Phi) is 3.62. The van der Waals surface area contributed by atoms with E-state index in [0.717, 1.165) is 23.2 Å². The quantitative estimate of drug-likeness (QED) is 0.931. The molecule has 0 amide bonds. The number of anilines is 1. The molecule has 0 aliphatic carbocycles. The van der Waals surface area contributed by atoms with E-state index in [2.05, 4.69) is 45.4 Å². The summed E-state index contributed by atoms with van der Waals surface area (Å²) in [7, 11) is 0. The normalized spacial score (nSPS) is 10.4. The summed E-state index contributed by atoms with van der Waals surface area (Å²) in [6.07, 6.45) is 1.84. The largest absolute Gasteiger partial charge is 0.379 e. The lowest BCUT2D eigenvalue weighted by atomic mass is 10.3. The Morgan fingerprint density at radius 3 is 2.69 bits per heavy atom. The second kappa shape index (κ2) is 5.16. The molecule has 0 saturated heterocycles. The van der Waals surface area contributed by atoms with E-state index < -0.39 is 0 Å². The van der Waals surface area contributed by atoms with E-state index in [0.29, 0.717) is 0 Å². The Morgan fingerprint density at radius 1 is 1.25 bits per heavy atom. The van der Waals surface area contributed by atoms with Crippen LogP contribution in [0.3, 0.4) is 0 Å². The molecule has 0 saturated carbocycles. The zero-order chi connectivity index (χ0) is 11.4. The lowest BCUT2D eigenvalue weighted by molar-refractivity contribution is 0.627. The molecule has 0 spiro atoms. The standard InChI is InChI=1S/C12H14BrN3/c1-2-16-12(7-8-15-16)9-14-11-5-3-10(13)4-6-11/h3-8,14H,2,9H2,1H3. The first-order valence-electron chi connectivity index (χ1n) is 5.29. The van der Waals surface area contributed by atoms with Crippen LogP contribution in [0.15, 0.2) is 41.0 Å². The van der Waals surface area contributed by atoms with Gasteiger partial charge in [0, 0.05) is 22.9 Å². The number of nitrogens with zero attached hydrogens (tertiary/aromatic N) is 2. The molecule has 0 aliphatic heterocycles. The van der Waals surface area contributed by atoms with Crippen molar-refractivity contribution in [1.29, 1.82) is 0 Å². The van der Waals surface area contributed by atoms with Crippen LogP contribution in [0.2, 0.25) is 0 Å². The van der Waals surface area contributed by atoms with E-state index in [1.54, 1.807) is 0 Å². The maximum absolute atomic E-state index is 4.23. The van der Waals surface area contributed by atoms with Crippen LogP contribution in [-0.2, 0) is 13.1 Å². The van der Waals surface area contributed by atoms with Crippen molar-refractivity contribution in [3.8, 4) is 0 Å². The third-order valence-corrected chi connectivity index (χ3v) is 2.95. The predicted molar refractivity (Wildman–Crippen MR) is 69.4 cm³/mol. The summed E-state index contributed by atoms with van der Waals surface area (Å²) in [5, 5.41) is 7.60. The fourth-order valence-corrected chi connectivity index (χ4v) is 1.82. The molecule has 0 bridgehead atoms. The van der Waals surface area contributed by atoms with Gasteiger partial charge < -0.3 is 5.32 Å². The molecule has 0 aliphatic rings. The van der Waals surface area contributed by atoms with E-state index in [1.165, 1.54) is 5.69 Å². The molecule has 0 unspecified atom stereocenters. The summed E-state index contributed by atoms with van der Waals surface area (Å²) < 4.78 is 3.09. The van der Waals surface area contributed by atoms with E-state index in [4.69, 9.17) is 0 Å². The van der Waals surface area contributed by atoms with Gasteiger partial charge in [-0.15, -0.1) is 0 Å². The van der Waals surface area contributed by atoms with Crippen molar-refractivity contribution in [1.82, 2.24) is 9.78 Å². The predicted octanol–water partition coefficient (Wildman–Crippen LogP) is 3.28. The highest BCUT2D eigenvalue weighted by molar-refractivity contribution is 9.10.